The summed E-state index contributed by atoms with van der Waals surface area (Å²) in [6.45, 7) is 1.17. The smallest absolute Gasteiger partial charge is 0.240 e. The zero-order chi connectivity index (χ0) is 10.0. The van der Waals surface area contributed by atoms with Gasteiger partial charge >= 0.3 is 0 Å². The van der Waals surface area contributed by atoms with E-state index in [4.69, 9.17) is 5.73 Å². The predicted molar refractivity (Wildman–Crippen MR) is 49.2 cm³/mol. The van der Waals surface area contributed by atoms with Crippen molar-refractivity contribution in [2.75, 3.05) is 6.54 Å². The second-order valence-electron chi connectivity index (χ2n) is 3.58. The van der Waals surface area contributed by atoms with Crippen LogP contribution in [0.2, 0.25) is 0 Å². The number of nitrogens with one attached hydrogen (secondary N) is 1. The van der Waals surface area contributed by atoms with Crippen molar-refractivity contribution in [1.82, 2.24) is 20.3 Å². The molecule has 0 unspecified atom stereocenters. The Morgan fingerprint density at radius 2 is 2.43 bits per heavy atom. The van der Waals surface area contributed by atoms with Gasteiger partial charge in [0.15, 0.2) is 0 Å². The monoisotopic (exact) mass is 195 g/mol. The third-order valence-corrected chi connectivity index (χ3v) is 2.34. The molecule has 1 amide bonds. The number of rotatable bonds is 4. The van der Waals surface area contributed by atoms with Gasteiger partial charge < -0.3 is 11.1 Å². The Kier molecular flexibility index (Phi) is 2.20. The molecule has 1 heterocycles. The molecule has 76 valence electrons. The minimum Gasteiger partial charge on any atom is -0.353 e. The highest BCUT2D eigenvalue weighted by molar-refractivity contribution is 5.88. The van der Waals surface area contributed by atoms with Crippen molar-refractivity contribution in [3.63, 3.8) is 0 Å². The SMILES string of the molecule is NC1(C(=O)NCCn2ccnn2)CC1. The van der Waals surface area contributed by atoms with Gasteiger partial charge in [0.1, 0.15) is 0 Å². The van der Waals surface area contributed by atoms with Crippen LogP contribution >= 0.6 is 0 Å². The van der Waals surface area contributed by atoms with Crippen molar-refractivity contribution in [2.45, 2.75) is 24.9 Å². The third-order valence-electron chi connectivity index (χ3n) is 2.34. The van der Waals surface area contributed by atoms with E-state index in [1.54, 1.807) is 17.1 Å². The summed E-state index contributed by atoms with van der Waals surface area (Å²) in [6, 6.07) is 0. The third kappa shape index (κ3) is 1.90. The van der Waals surface area contributed by atoms with Gasteiger partial charge in [0.2, 0.25) is 5.91 Å². The van der Waals surface area contributed by atoms with Crippen molar-refractivity contribution < 1.29 is 4.79 Å². The first-order chi connectivity index (χ1) is 6.71. The van der Waals surface area contributed by atoms with Crippen LogP contribution in [0.3, 0.4) is 0 Å². The summed E-state index contributed by atoms with van der Waals surface area (Å²) in [5.74, 6) is -0.0578. The van der Waals surface area contributed by atoms with E-state index in [1.165, 1.54) is 0 Å². The van der Waals surface area contributed by atoms with E-state index in [2.05, 4.69) is 15.6 Å². The Labute approximate surface area is 81.5 Å². The van der Waals surface area contributed by atoms with Crippen LogP contribution in [-0.4, -0.2) is 33.0 Å². The summed E-state index contributed by atoms with van der Waals surface area (Å²) in [4.78, 5) is 11.4. The number of carbonyl (C=O) groups is 1. The molecule has 0 spiro atoms. The molecule has 1 fully saturated rings. The standard InChI is InChI=1S/C8H13N5O/c9-8(1-2-8)7(14)10-3-5-13-6-4-11-12-13/h4,6H,1-3,5,9H2,(H,10,14). The van der Waals surface area contributed by atoms with Gasteiger partial charge in [-0.15, -0.1) is 5.10 Å². The van der Waals surface area contributed by atoms with Crippen LogP contribution in [0.25, 0.3) is 0 Å². The zero-order valence-corrected chi connectivity index (χ0v) is 7.81. The Morgan fingerprint density at radius 3 is 3.00 bits per heavy atom. The number of carbonyl (C=O) groups excluding carboxylic acids is 1. The van der Waals surface area contributed by atoms with Gasteiger partial charge in [-0.3, -0.25) is 9.48 Å². The van der Waals surface area contributed by atoms with Gasteiger partial charge in [0.25, 0.3) is 0 Å². The number of hydrogen-bond donors (Lipinski definition) is 2. The molecule has 3 N–H and O–H groups in total. The first kappa shape index (κ1) is 9.14. The van der Waals surface area contributed by atoms with Gasteiger partial charge in [-0.1, -0.05) is 5.21 Å². The molecule has 2 rings (SSSR count). The fourth-order valence-corrected chi connectivity index (χ4v) is 1.17. The molecule has 1 saturated carbocycles. The zero-order valence-electron chi connectivity index (χ0n) is 7.81. The lowest BCUT2D eigenvalue weighted by molar-refractivity contribution is -0.123. The first-order valence-corrected chi connectivity index (χ1v) is 4.62. The number of amides is 1. The molecule has 1 aromatic rings. The summed E-state index contributed by atoms with van der Waals surface area (Å²) in [5, 5.41) is 10.2. The normalized spacial score (nSPS) is 17.8. The Bertz CT molecular complexity index is 316. The molecule has 14 heavy (non-hydrogen) atoms. The topological polar surface area (TPSA) is 85.8 Å². The van der Waals surface area contributed by atoms with Crippen molar-refractivity contribution in [3.8, 4) is 0 Å². The molecule has 6 nitrogen and oxygen atoms in total. The fourth-order valence-electron chi connectivity index (χ4n) is 1.17. The lowest BCUT2D eigenvalue weighted by Gasteiger charge is -2.09. The van der Waals surface area contributed by atoms with Gasteiger partial charge in [0, 0.05) is 12.7 Å². The molecule has 1 aliphatic carbocycles. The van der Waals surface area contributed by atoms with Crippen LogP contribution in [0.15, 0.2) is 12.4 Å². The average Bonchev–Trinajstić information content (AvgIpc) is 2.73. The molecular formula is C8H13N5O. The molecule has 0 atom stereocenters. The largest absolute Gasteiger partial charge is 0.353 e. The first-order valence-electron chi connectivity index (χ1n) is 4.62. The predicted octanol–water partition coefficient (Wildman–Crippen LogP) is -1.11. The maximum Gasteiger partial charge on any atom is 0.240 e. The Balaban J connectivity index is 1.71. The molecule has 0 saturated heterocycles. The molecule has 0 bridgehead atoms. The number of nitrogens with two attached hydrogens (primary N) is 1. The summed E-state index contributed by atoms with van der Waals surface area (Å²) < 4.78 is 1.66. The highest BCUT2D eigenvalue weighted by Crippen LogP contribution is 2.31. The summed E-state index contributed by atoms with van der Waals surface area (Å²) in [5.41, 5.74) is 5.12. The highest BCUT2D eigenvalue weighted by atomic mass is 16.2. The van der Waals surface area contributed by atoms with Gasteiger partial charge in [-0.05, 0) is 12.8 Å². The Hall–Kier alpha value is -1.43. The average molecular weight is 195 g/mol. The van der Waals surface area contributed by atoms with E-state index in [0.717, 1.165) is 12.8 Å². The minimum absolute atomic E-state index is 0.0578. The molecule has 0 aromatic carbocycles. The van der Waals surface area contributed by atoms with Gasteiger partial charge in [-0.2, -0.15) is 0 Å². The van der Waals surface area contributed by atoms with E-state index in [0.29, 0.717) is 13.1 Å². The van der Waals surface area contributed by atoms with Crippen molar-refractivity contribution in [2.24, 2.45) is 5.73 Å². The lowest BCUT2D eigenvalue weighted by atomic mass is 10.3. The highest BCUT2D eigenvalue weighted by Gasteiger charge is 2.45. The Morgan fingerprint density at radius 1 is 1.64 bits per heavy atom. The van der Waals surface area contributed by atoms with Gasteiger partial charge in [-0.25, -0.2) is 0 Å². The van der Waals surface area contributed by atoms with Gasteiger partial charge in [0.05, 0.1) is 18.3 Å². The summed E-state index contributed by atoms with van der Waals surface area (Å²) in [7, 11) is 0. The molecular weight excluding hydrogens is 182 g/mol. The summed E-state index contributed by atoms with van der Waals surface area (Å²) in [6.07, 6.45) is 4.94. The van der Waals surface area contributed by atoms with Crippen molar-refractivity contribution >= 4 is 5.91 Å². The minimum atomic E-state index is -0.581. The van der Waals surface area contributed by atoms with E-state index >= 15 is 0 Å². The molecule has 0 aliphatic heterocycles. The quantitative estimate of drug-likeness (QED) is 0.637. The van der Waals surface area contributed by atoms with E-state index in [1.807, 2.05) is 0 Å². The van der Waals surface area contributed by atoms with Crippen LogP contribution in [-0.2, 0) is 11.3 Å². The molecule has 0 radical (unpaired) electrons. The maximum atomic E-state index is 11.4. The molecule has 6 heteroatoms. The van der Waals surface area contributed by atoms with Crippen LogP contribution in [0.4, 0.5) is 0 Å². The van der Waals surface area contributed by atoms with E-state index in [-0.39, 0.29) is 5.91 Å². The second-order valence-corrected chi connectivity index (χ2v) is 3.58. The van der Waals surface area contributed by atoms with Crippen molar-refractivity contribution in [3.05, 3.63) is 12.4 Å². The molecule has 1 aliphatic rings. The lowest BCUT2D eigenvalue weighted by Crippen LogP contribution is -2.43. The maximum absolute atomic E-state index is 11.4. The van der Waals surface area contributed by atoms with Crippen LogP contribution in [0.1, 0.15) is 12.8 Å². The fraction of sp³-hybridized carbons (Fsp3) is 0.625. The van der Waals surface area contributed by atoms with E-state index < -0.39 is 5.54 Å². The van der Waals surface area contributed by atoms with Crippen molar-refractivity contribution in [1.29, 1.82) is 0 Å². The summed E-state index contributed by atoms with van der Waals surface area (Å²) >= 11 is 0. The number of aromatic nitrogens is 3. The number of nitrogens with zero attached hydrogens (tertiary/aromatic N) is 3. The van der Waals surface area contributed by atoms with Crippen LogP contribution in [0, 0.1) is 0 Å². The number of hydrogen-bond acceptors (Lipinski definition) is 4. The second kappa shape index (κ2) is 3.38. The van der Waals surface area contributed by atoms with Crippen LogP contribution in [0.5, 0.6) is 0 Å². The van der Waals surface area contributed by atoms with Crippen LogP contribution < -0.4 is 11.1 Å². The molecule has 1 aromatic heterocycles. The van der Waals surface area contributed by atoms with E-state index in [9.17, 15) is 4.79 Å².